The van der Waals surface area contributed by atoms with Crippen LogP contribution in [0.4, 0.5) is 14.5 Å². The highest BCUT2D eigenvalue weighted by atomic mass is 19.1. The van der Waals surface area contributed by atoms with E-state index in [-0.39, 0.29) is 11.4 Å². The van der Waals surface area contributed by atoms with Crippen molar-refractivity contribution in [3.05, 3.63) is 47.4 Å². The van der Waals surface area contributed by atoms with Crippen LogP contribution in [0.1, 0.15) is 23.2 Å². The molecule has 8 heteroatoms. The maximum atomic E-state index is 13.4. The van der Waals surface area contributed by atoms with E-state index in [0.29, 0.717) is 5.69 Å². The second kappa shape index (κ2) is 6.33. The van der Waals surface area contributed by atoms with Crippen molar-refractivity contribution in [1.82, 2.24) is 5.16 Å². The largest absolute Gasteiger partial charge is 0.447 e. The van der Waals surface area contributed by atoms with E-state index in [1.54, 1.807) is 6.92 Å². The molecule has 0 fully saturated rings. The Hall–Kier alpha value is -2.77. The van der Waals surface area contributed by atoms with Crippen molar-refractivity contribution in [2.24, 2.45) is 0 Å². The molecule has 0 saturated carbocycles. The lowest BCUT2D eigenvalue weighted by Gasteiger charge is -2.13. The lowest BCUT2D eigenvalue weighted by atomic mass is 10.2. The highest BCUT2D eigenvalue weighted by molar-refractivity contribution is 5.96. The van der Waals surface area contributed by atoms with E-state index >= 15 is 0 Å². The summed E-state index contributed by atoms with van der Waals surface area (Å²) in [7, 11) is 0. The summed E-state index contributed by atoms with van der Waals surface area (Å²) >= 11 is 0. The van der Waals surface area contributed by atoms with Gasteiger partial charge in [0.15, 0.2) is 6.10 Å². The van der Waals surface area contributed by atoms with Gasteiger partial charge in [-0.05, 0) is 26.0 Å². The molecule has 0 saturated heterocycles. The van der Waals surface area contributed by atoms with Gasteiger partial charge in [-0.3, -0.25) is 4.79 Å². The van der Waals surface area contributed by atoms with Gasteiger partial charge in [-0.2, -0.15) is 0 Å². The summed E-state index contributed by atoms with van der Waals surface area (Å²) in [6, 6.07) is 3.96. The van der Waals surface area contributed by atoms with Gasteiger partial charge in [-0.15, -0.1) is 0 Å². The van der Waals surface area contributed by atoms with Crippen molar-refractivity contribution in [1.29, 1.82) is 0 Å². The number of aromatic nitrogens is 1. The molecule has 0 aliphatic rings. The summed E-state index contributed by atoms with van der Waals surface area (Å²) in [5, 5.41) is 5.65. The van der Waals surface area contributed by atoms with Gasteiger partial charge in [-0.25, -0.2) is 13.6 Å². The summed E-state index contributed by atoms with van der Waals surface area (Å²) in [5.74, 6) is -3.37. The van der Waals surface area contributed by atoms with Crippen LogP contribution in [0.25, 0.3) is 0 Å². The number of carbonyl (C=O) groups excluding carboxylic acids is 2. The fourth-order valence-corrected chi connectivity index (χ4v) is 1.56. The van der Waals surface area contributed by atoms with Crippen molar-refractivity contribution in [3.63, 3.8) is 0 Å². The minimum Gasteiger partial charge on any atom is -0.447 e. The van der Waals surface area contributed by atoms with Crippen LogP contribution in [0.15, 0.2) is 28.8 Å². The monoisotopic (exact) mass is 310 g/mol. The molecule has 1 aromatic heterocycles. The van der Waals surface area contributed by atoms with E-state index in [1.165, 1.54) is 13.0 Å². The van der Waals surface area contributed by atoms with Gasteiger partial charge in [0.2, 0.25) is 5.76 Å². The number of aryl methyl sites for hydroxylation is 1. The molecule has 1 aromatic carbocycles. The van der Waals surface area contributed by atoms with Crippen molar-refractivity contribution >= 4 is 17.6 Å². The second-order valence-corrected chi connectivity index (χ2v) is 4.49. The number of esters is 1. The van der Waals surface area contributed by atoms with Gasteiger partial charge in [-0.1, -0.05) is 5.16 Å². The summed E-state index contributed by atoms with van der Waals surface area (Å²) in [5.41, 5.74) is 0.134. The summed E-state index contributed by atoms with van der Waals surface area (Å²) < 4.78 is 36.0. The van der Waals surface area contributed by atoms with Gasteiger partial charge < -0.3 is 14.6 Å². The molecule has 1 N–H and O–H groups in total. The minimum atomic E-state index is -1.24. The highest BCUT2D eigenvalue weighted by Gasteiger charge is 2.22. The molecule has 22 heavy (non-hydrogen) atoms. The van der Waals surface area contributed by atoms with Gasteiger partial charge in [0.1, 0.15) is 11.6 Å². The summed E-state index contributed by atoms with van der Waals surface area (Å²) in [6.45, 7) is 2.90. The quantitative estimate of drug-likeness (QED) is 0.877. The van der Waals surface area contributed by atoms with Gasteiger partial charge in [0.05, 0.1) is 11.4 Å². The number of anilines is 1. The first-order valence-electron chi connectivity index (χ1n) is 6.27. The summed E-state index contributed by atoms with van der Waals surface area (Å²) in [4.78, 5) is 23.5. The number of halogens is 2. The minimum absolute atomic E-state index is 0.158. The first-order valence-corrected chi connectivity index (χ1v) is 6.27. The Kier molecular flexibility index (Phi) is 4.50. The fraction of sp³-hybridized carbons (Fsp3) is 0.214. The first kappa shape index (κ1) is 15.6. The molecule has 2 aromatic rings. The SMILES string of the molecule is Cc1cc(C(=O)O[C@@H](C)C(=O)Nc2cc(F)ccc2F)on1. The predicted molar refractivity (Wildman–Crippen MR) is 71.1 cm³/mol. The van der Waals surface area contributed by atoms with Crippen LogP contribution in [0.5, 0.6) is 0 Å². The smallest absolute Gasteiger partial charge is 0.377 e. The maximum Gasteiger partial charge on any atom is 0.377 e. The summed E-state index contributed by atoms with van der Waals surface area (Å²) in [6.07, 6.45) is -1.24. The number of ether oxygens (including phenoxy) is 1. The molecule has 2 rings (SSSR count). The number of nitrogens with zero attached hydrogens (tertiary/aromatic N) is 1. The Labute approximate surface area is 124 Å². The van der Waals surface area contributed by atoms with E-state index in [0.717, 1.165) is 18.2 Å². The third kappa shape index (κ3) is 3.66. The van der Waals surface area contributed by atoms with E-state index in [2.05, 4.69) is 10.5 Å². The van der Waals surface area contributed by atoms with Crippen molar-refractivity contribution < 1.29 is 27.6 Å². The number of amides is 1. The lowest BCUT2D eigenvalue weighted by molar-refractivity contribution is -0.123. The molecule has 0 spiro atoms. The molecule has 1 atom stereocenters. The number of hydrogen-bond donors (Lipinski definition) is 1. The van der Waals surface area contributed by atoms with Crippen LogP contribution in [0.2, 0.25) is 0 Å². The fourth-order valence-electron chi connectivity index (χ4n) is 1.56. The van der Waals surface area contributed by atoms with E-state index < -0.39 is 29.6 Å². The third-order valence-electron chi connectivity index (χ3n) is 2.67. The molecule has 0 aliphatic heterocycles. The zero-order chi connectivity index (χ0) is 16.3. The molecule has 0 aliphatic carbocycles. The van der Waals surface area contributed by atoms with Crippen LogP contribution in [0, 0.1) is 18.6 Å². The average molecular weight is 310 g/mol. The molecular weight excluding hydrogens is 298 g/mol. The standard InChI is InChI=1S/C14H12F2N2O4/c1-7-5-12(22-18-7)14(20)21-8(2)13(19)17-11-6-9(15)3-4-10(11)16/h3-6,8H,1-2H3,(H,17,19)/t8-/m0/s1. The highest BCUT2D eigenvalue weighted by Crippen LogP contribution is 2.16. The average Bonchev–Trinajstić information content (AvgIpc) is 2.89. The second-order valence-electron chi connectivity index (χ2n) is 4.49. The van der Waals surface area contributed by atoms with Crippen LogP contribution >= 0.6 is 0 Å². The van der Waals surface area contributed by atoms with Crippen LogP contribution in [-0.4, -0.2) is 23.1 Å². The Balaban J connectivity index is 2.00. The molecule has 6 nitrogen and oxygen atoms in total. The van der Waals surface area contributed by atoms with Crippen LogP contribution in [-0.2, 0) is 9.53 Å². The molecule has 1 amide bonds. The van der Waals surface area contributed by atoms with Crippen molar-refractivity contribution in [3.8, 4) is 0 Å². The van der Waals surface area contributed by atoms with Crippen molar-refractivity contribution in [2.45, 2.75) is 20.0 Å². The maximum absolute atomic E-state index is 13.4. The molecule has 116 valence electrons. The van der Waals surface area contributed by atoms with Crippen LogP contribution in [0.3, 0.4) is 0 Å². The zero-order valence-electron chi connectivity index (χ0n) is 11.7. The molecule has 0 bridgehead atoms. The van der Waals surface area contributed by atoms with E-state index in [4.69, 9.17) is 9.26 Å². The molecule has 0 radical (unpaired) electrons. The third-order valence-corrected chi connectivity index (χ3v) is 2.67. The Morgan fingerprint density at radius 3 is 2.68 bits per heavy atom. The number of carbonyl (C=O) groups is 2. The van der Waals surface area contributed by atoms with Crippen molar-refractivity contribution in [2.75, 3.05) is 5.32 Å². The predicted octanol–water partition coefficient (Wildman–Crippen LogP) is 2.45. The number of nitrogens with one attached hydrogen (secondary N) is 1. The topological polar surface area (TPSA) is 81.4 Å². The van der Waals surface area contributed by atoms with Gasteiger partial charge in [0.25, 0.3) is 5.91 Å². The molecule has 1 heterocycles. The molecule has 0 unspecified atom stereocenters. The Morgan fingerprint density at radius 2 is 2.05 bits per heavy atom. The van der Waals surface area contributed by atoms with Gasteiger partial charge >= 0.3 is 5.97 Å². The van der Waals surface area contributed by atoms with E-state index in [1.807, 2.05) is 0 Å². The number of benzene rings is 1. The Morgan fingerprint density at radius 1 is 1.32 bits per heavy atom. The lowest BCUT2D eigenvalue weighted by Crippen LogP contribution is -2.30. The number of rotatable bonds is 4. The molecular formula is C14H12F2N2O4. The Bertz CT molecular complexity index is 715. The first-order chi connectivity index (χ1) is 10.4. The van der Waals surface area contributed by atoms with Gasteiger partial charge in [0, 0.05) is 12.1 Å². The zero-order valence-corrected chi connectivity index (χ0v) is 11.7. The number of hydrogen-bond acceptors (Lipinski definition) is 5. The van der Waals surface area contributed by atoms with Crippen LogP contribution < -0.4 is 5.32 Å². The van der Waals surface area contributed by atoms with E-state index in [9.17, 15) is 18.4 Å². The normalized spacial score (nSPS) is 11.8.